The van der Waals surface area contributed by atoms with E-state index >= 15 is 0 Å². The number of ether oxygens (including phenoxy) is 1. The fourth-order valence-electron chi connectivity index (χ4n) is 2.27. The molecule has 2 amide bonds. The zero-order valence-electron chi connectivity index (χ0n) is 12.4. The van der Waals surface area contributed by atoms with E-state index in [9.17, 15) is 24.6 Å². The fourth-order valence-corrected chi connectivity index (χ4v) is 2.27. The summed E-state index contributed by atoms with van der Waals surface area (Å²) >= 11 is 0. The lowest BCUT2D eigenvalue weighted by atomic mass is 9.95. The van der Waals surface area contributed by atoms with Crippen LogP contribution in [0.25, 0.3) is 0 Å². The molecule has 4 unspecified atom stereocenters. The Morgan fingerprint density at radius 2 is 1.87 bits per heavy atom. The largest absolute Gasteiger partial charge is 0.480 e. The third-order valence-corrected chi connectivity index (χ3v) is 3.37. The van der Waals surface area contributed by atoms with Gasteiger partial charge in [-0.25, -0.2) is 0 Å². The van der Waals surface area contributed by atoms with E-state index in [4.69, 9.17) is 20.7 Å². The standard InChI is InChI=1S/C12H21N3O8/c1-4(17)14-8-10(20)9(19)6(3-16)23-11(8)15-5(12(21)22)2-7(13)18/h5-6,8-11,15-16,19-20H,2-3H2,1H3,(H2,13,18)(H,14,17)(H,21,22)/t5?,6-,8?,9-,10?,11?/m1/s1. The van der Waals surface area contributed by atoms with E-state index in [0.29, 0.717) is 0 Å². The summed E-state index contributed by atoms with van der Waals surface area (Å²) in [6.07, 6.45) is -6.03. The number of carbonyl (C=O) groups is 3. The Labute approximate surface area is 131 Å². The zero-order chi connectivity index (χ0) is 17.7. The summed E-state index contributed by atoms with van der Waals surface area (Å²) in [6.45, 7) is 0.517. The van der Waals surface area contributed by atoms with E-state index in [1.54, 1.807) is 0 Å². The number of hydrogen-bond donors (Lipinski definition) is 7. The first kappa shape index (κ1) is 19.3. The van der Waals surface area contributed by atoms with Crippen molar-refractivity contribution in [2.24, 2.45) is 5.73 Å². The number of nitrogens with two attached hydrogens (primary N) is 1. The van der Waals surface area contributed by atoms with Gasteiger partial charge in [-0.2, -0.15) is 0 Å². The molecule has 8 N–H and O–H groups in total. The highest BCUT2D eigenvalue weighted by Crippen LogP contribution is 2.20. The first-order valence-electron chi connectivity index (χ1n) is 6.84. The lowest BCUT2D eigenvalue weighted by Crippen LogP contribution is -2.69. The first-order chi connectivity index (χ1) is 10.7. The van der Waals surface area contributed by atoms with Gasteiger partial charge in [0.2, 0.25) is 11.8 Å². The summed E-state index contributed by atoms with van der Waals surface area (Å²) in [7, 11) is 0. The van der Waals surface area contributed by atoms with Crippen LogP contribution < -0.4 is 16.4 Å². The third kappa shape index (κ3) is 5.11. The Morgan fingerprint density at radius 1 is 1.26 bits per heavy atom. The summed E-state index contributed by atoms with van der Waals surface area (Å²) in [5.74, 6) is -2.83. The topological polar surface area (TPSA) is 191 Å². The molecule has 0 aromatic carbocycles. The van der Waals surface area contributed by atoms with Crippen LogP contribution in [-0.4, -0.2) is 81.4 Å². The van der Waals surface area contributed by atoms with Crippen LogP contribution in [0.5, 0.6) is 0 Å². The minimum Gasteiger partial charge on any atom is -0.480 e. The first-order valence-corrected chi connectivity index (χ1v) is 6.84. The van der Waals surface area contributed by atoms with E-state index in [1.165, 1.54) is 0 Å². The number of carbonyl (C=O) groups excluding carboxylic acids is 2. The predicted molar refractivity (Wildman–Crippen MR) is 73.7 cm³/mol. The van der Waals surface area contributed by atoms with Crippen molar-refractivity contribution in [3.05, 3.63) is 0 Å². The van der Waals surface area contributed by atoms with Crippen LogP contribution in [0.4, 0.5) is 0 Å². The predicted octanol–water partition coefficient (Wildman–Crippen LogP) is -4.15. The molecule has 1 saturated heterocycles. The Kier molecular flexibility index (Phi) is 6.84. The molecule has 11 nitrogen and oxygen atoms in total. The number of carboxylic acid groups (broad SMARTS) is 1. The van der Waals surface area contributed by atoms with Gasteiger partial charge in [0.1, 0.15) is 30.6 Å². The van der Waals surface area contributed by atoms with Gasteiger partial charge in [-0.3, -0.25) is 19.7 Å². The van der Waals surface area contributed by atoms with Crippen molar-refractivity contribution in [3.63, 3.8) is 0 Å². The van der Waals surface area contributed by atoms with Crippen molar-refractivity contribution in [1.29, 1.82) is 0 Å². The fraction of sp³-hybridized carbons (Fsp3) is 0.750. The van der Waals surface area contributed by atoms with E-state index in [-0.39, 0.29) is 0 Å². The van der Waals surface area contributed by atoms with Gasteiger partial charge < -0.3 is 36.2 Å². The molecule has 1 aliphatic rings. The van der Waals surface area contributed by atoms with Crippen molar-refractivity contribution in [2.45, 2.75) is 50.0 Å². The van der Waals surface area contributed by atoms with Crippen LogP contribution >= 0.6 is 0 Å². The maximum atomic E-state index is 11.2. The van der Waals surface area contributed by atoms with Gasteiger partial charge in [-0.1, -0.05) is 0 Å². The minimum absolute atomic E-state index is 0.551. The SMILES string of the molecule is CC(=O)NC1C(NC(CC(N)=O)C(=O)O)O[C@H](CO)[C@@H](O)C1O. The van der Waals surface area contributed by atoms with Gasteiger partial charge in [0.05, 0.1) is 19.1 Å². The number of hydrogen-bond acceptors (Lipinski definition) is 8. The molecule has 0 aromatic heterocycles. The van der Waals surface area contributed by atoms with Crippen molar-refractivity contribution >= 4 is 17.8 Å². The lowest BCUT2D eigenvalue weighted by molar-refractivity contribution is -0.205. The average molecular weight is 335 g/mol. The molecule has 0 aliphatic carbocycles. The highest BCUT2D eigenvalue weighted by atomic mass is 16.5. The number of rotatable bonds is 7. The van der Waals surface area contributed by atoms with Gasteiger partial charge in [0.25, 0.3) is 0 Å². The van der Waals surface area contributed by atoms with Crippen molar-refractivity contribution in [1.82, 2.24) is 10.6 Å². The van der Waals surface area contributed by atoms with Gasteiger partial charge in [0, 0.05) is 6.92 Å². The third-order valence-electron chi connectivity index (χ3n) is 3.37. The van der Waals surface area contributed by atoms with Crippen LogP contribution in [0.15, 0.2) is 0 Å². The van der Waals surface area contributed by atoms with Crippen molar-refractivity contribution < 1.29 is 39.5 Å². The molecule has 11 heteroatoms. The summed E-state index contributed by atoms with van der Waals surface area (Å²) in [5, 5.41) is 42.9. The van der Waals surface area contributed by atoms with E-state index in [1.807, 2.05) is 0 Å². The molecule has 0 radical (unpaired) electrons. The molecular weight excluding hydrogens is 314 g/mol. The maximum absolute atomic E-state index is 11.2. The molecule has 0 spiro atoms. The number of aliphatic hydroxyl groups is 3. The average Bonchev–Trinajstić information content (AvgIpc) is 2.44. The summed E-state index contributed by atoms with van der Waals surface area (Å²) in [4.78, 5) is 33.3. The molecule has 0 saturated carbocycles. The normalized spacial score (nSPS) is 32.1. The lowest BCUT2D eigenvalue weighted by Gasteiger charge is -2.43. The zero-order valence-corrected chi connectivity index (χ0v) is 12.4. The monoisotopic (exact) mass is 335 g/mol. The van der Waals surface area contributed by atoms with E-state index in [0.717, 1.165) is 6.92 Å². The summed E-state index contributed by atoms with van der Waals surface area (Å²) < 4.78 is 5.29. The van der Waals surface area contributed by atoms with Crippen molar-refractivity contribution in [2.75, 3.05) is 6.61 Å². The molecule has 1 heterocycles. The number of aliphatic hydroxyl groups excluding tert-OH is 3. The second kappa shape index (κ2) is 8.17. The number of amides is 2. The van der Waals surface area contributed by atoms with E-state index in [2.05, 4.69) is 10.6 Å². The van der Waals surface area contributed by atoms with Crippen LogP contribution in [0, 0.1) is 0 Å². The molecule has 23 heavy (non-hydrogen) atoms. The molecular formula is C12H21N3O8. The van der Waals surface area contributed by atoms with Crippen LogP contribution in [0.1, 0.15) is 13.3 Å². The van der Waals surface area contributed by atoms with Crippen LogP contribution in [0.2, 0.25) is 0 Å². The molecule has 6 atom stereocenters. The molecule has 0 aromatic rings. The number of nitrogens with one attached hydrogen (secondary N) is 2. The van der Waals surface area contributed by atoms with Gasteiger partial charge in [0.15, 0.2) is 0 Å². The minimum atomic E-state index is -1.52. The molecule has 1 rings (SSSR count). The Hall–Kier alpha value is -1.79. The van der Waals surface area contributed by atoms with Gasteiger partial charge >= 0.3 is 5.97 Å². The molecule has 0 bridgehead atoms. The second-order valence-corrected chi connectivity index (χ2v) is 5.21. The van der Waals surface area contributed by atoms with Gasteiger partial charge in [-0.15, -0.1) is 0 Å². The van der Waals surface area contributed by atoms with Crippen LogP contribution in [-0.2, 0) is 19.1 Å². The van der Waals surface area contributed by atoms with Gasteiger partial charge in [-0.05, 0) is 0 Å². The quantitative estimate of drug-likeness (QED) is 0.242. The maximum Gasteiger partial charge on any atom is 0.321 e. The number of carboxylic acids is 1. The Bertz CT molecular complexity index is 460. The number of primary amides is 1. The molecule has 1 aliphatic heterocycles. The summed E-state index contributed by atoms with van der Waals surface area (Å²) in [5.41, 5.74) is 4.97. The highest BCUT2D eigenvalue weighted by Gasteiger charge is 2.45. The van der Waals surface area contributed by atoms with Crippen LogP contribution in [0.3, 0.4) is 0 Å². The van der Waals surface area contributed by atoms with E-state index < -0.39 is 67.4 Å². The summed E-state index contributed by atoms with van der Waals surface area (Å²) in [6, 6.07) is -2.63. The van der Waals surface area contributed by atoms with Crippen molar-refractivity contribution in [3.8, 4) is 0 Å². The molecule has 1 fully saturated rings. The number of aliphatic carboxylic acids is 1. The second-order valence-electron chi connectivity index (χ2n) is 5.21. The molecule has 132 valence electrons. The smallest absolute Gasteiger partial charge is 0.321 e. The Morgan fingerprint density at radius 3 is 2.30 bits per heavy atom. The highest BCUT2D eigenvalue weighted by molar-refractivity contribution is 5.83. The Balaban J connectivity index is 2.97.